The Hall–Kier alpha value is -2.01. The number of halogens is 1. The molecule has 0 unspecified atom stereocenters. The molecule has 0 saturated carbocycles. The van der Waals surface area contributed by atoms with Gasteiger partial charge in [-0.05, 0) is 31.5 Å². The first-order chi connectivity index (χ1) is 9.65. The lowest BCUT2D eigenvalue weighted by Crippen LogP contribution is -2.25. The van der Waals surface area contributed by atoms with E-state index in [1.165, 1.54) is 0 Å². The summed E-state index contributed by atoms with van der Waals surface area (Å²) in [7, 11) is 0. The molecule has 0 fully saturated rings. The fourth-order valence-corrected chi connectivity index (χ4v) is 2.17. The topological polar surface area (TPSA) is 59.0 Å². The van der Waals surface area contributed by atoms with E-state index in [2.05, 4.69) is 15.0 Å². The van der Waals surface area contributed by atoms with Crippen molar-refractivity contribution in [1.29, 1.82) is 0 Å². The number of carbonyl (C=O) groups is 1. The maximum atomic E-state index is 11.2. The van der Waals surface area contributed by atoms with Crippen molar-refractivity contribution in [1.82, 2.24) is 15.0 Å². The molecule has 0 saturated heterocycles. The number of hydrogen-bond acceptors (Lipinski definition) is 5. The van der Waals surface area contributed by atoms with Crippen LogP contribution < -0.4 is 4.90 Å². The second kappa shape index (κ2) is 6.43. The fourth-order valence-electron chi connectivity index (χ4n) is 1.92. The zero-order valence-electron chi connectivity index (χ0n) is 11.4. The van der Waals surface area contributed by atoms with Crippen LogP contribution in [0.3, 0.4) is 0 Å². The second-order valence-electron chi connectivity index (χ2n) is 4.29. The van der Waals surface area contributed by atoms with E-state index in [-0.39, 0.29) is 5.15 Å². The minimum absolute atomic E-state index is 0.190. The highest BCUT2D eigenvalue weighted by Crippen LogP contribution is 2.24. The number of nitrogens with zero attached hydrogens (tertiary/aromatic N) is 4. The van der Waals surface area contributed by atoms with Crippen LogP contribution in [-0.4, -0.2) is 27.8 Å². The highest BCUT2D eigenvalue weighted by atomic mass is 35.5. The van der Waals surface area contributed by atoms with Gasteiger partial charge in [0.25, 0.3) is 0 Å². The van der Waals surface area contributed by atoms with Gasteiger partial charge >= 0.3 is 0 Å². The number of aryl methyl sites for hydroxylation is 1. The smallest absolute Gasteiger partial charge is 0.156 e. The highest BCUT2D eigenvalue weighted by Gasteiger charge is 2.16. The third kappa shape index (κ3) is 3.11. The van der Waals surface area contributed by atoms with Gasteiger partial charge in [-0.25, -0.2) is 9.97 Å². The largest absolute Gasteiger partial charge is 0.352 e. The van der Waals surface area contributed by atoms with Crippen molar-refractivity contribution in [3.05, 3.63) is 46.6 Å². The predicted octanol–water partition coefficient (Wildman–Crippen LogP) is 2.67. The van der Waals surface area contributed by atoms with Crippen molar-refractivity contribution in [3.8, 4) is 0 Å². The van der Waals surface area contributed by atoms with Gasteiger partial charge in [-0.1, -0.05) is 11.6 Å². The van der Waals surface area contributed by atoms with E-state index in [1.54, 1.807) is 19.3 Å². The summed E-state index contributed by atoms with van der Waals surface area (Å²) in [5.74, 6) is 1.11. The lowest BCUT2D eigenvalue weighted by atomic mass is 10.2. The monoisotopic (exact) mass is 290 g/mol. The summed E-state index contributed by atoms with van der Waals surface area (Å²) in [4.78, 5) is 25.6. The molecule has 0 spiro atoms. The number of hydrogen-bond donors (Lipinski definition) is 0. The molecule has 6 heteroatoms. The number of pyridine rings is 1. The minimum atomic E-state index is 0.190. The lowest BCUT2D eigenvalue weighted by molar-refractivity contribution is 0.112. The molecule has 0 aromatic carbocycles. The fraction of sp³-hybridized carbons (Fsp3) is 0.286. The zero-order chi connectivity index (χ0) is 14.5. The van der Waals surface area contributed by atoms with E-state index in [9.17, 15) is 4.79 Å². The van der Waals surface area contributed by atoms with E-state index in [0.717, 1.165) is 5.56 Å². The number of anilines is 1. The molecule has 104 valence electrons. The van der Waals surface area contributed by atoms with Crippen LogP contribution in [-0.2, 0) is 6.54 Å². The Morgan fingerprint density at radius 2 is 2.00 bits per heavy atom. The third-order valence-corrected chi connectivity index (χ3v) is 3.20. The molecule has 0 amide bonds. The Morgan fingerprint density at radius 1 is 1.30 bits per heavy atom. The molecule has 0 radical (unpaired) electrons. The number of aldehydes is 1. The molecule has 5 nitrogen and oxygen atoms in total. The van der Waals surface area contributed by atoms with Crippen LogP contribution in [0.5, 0.6) is 0 Å². The van der Waals surface area contributed by atoms with Crippen LogP contribution in [0.1, 0.15) is 28.7 Å². The van der Waals surface area contributed by atoms with Crippen molar-refractivity contribution >= 4 is 23.7 Å². The standard InChI is InChI=1S/C14H15ClN4O/c1-3-19(8-11-4-6-16-7-5-11)14-12(9-20)13(15)17-10(2)18-14/h4-7,9H,3,8H2,1-2H3. The van der Waals surface area contributed by atoms with Gasteiger partial charge in [0.2, 0.25) is 0 Å². The van der Waals surface area contributed by atoms with Crippen LogP contribution in [0, 0.1) is 6.92 Å². The quantitative estimate of drug-likeness (QED) is 0.626. The van der Waals surface area contributed by atoms with Gasteiger partial charge in [0, 0.05) is 25.5 Å². The van der Waals surface area contributed by atoms with Crippen LogP contribution in [0.4, 0.5) is 5.82 Å². The first kappa shape index (κ1) is 14.4. The van der Waals surface area contributed by atoms with Crippen LogP contribution in [0.2, 0.25) is 5.15 Å². The average Bonchev–Trinajstić information content (AvgIpc) is 2.45. The Kier molecular flexibility index (Phi) is 4.63. The Balaban J connectivity index is 2.39. The van der Waals surface area contributed by atoms with Crippen molar-refractivity contribution < 1.29 is 4.79 Å². The summed E-state index contributed by atoms with van der Waals surface area (Å²) in [5.41, 5.74) is 1.42. The first-order valence-electron chi connectivity index (χ1n) is 6.28. The summed E-state index contributed by atoms with van der Waals surface area (Å²) < 4.78 is 0. The van der Waals surface area contributed by atoms with E-state index < -0.39 is 0 Å². The summed E-state index contributed by atoms with van der Waals surface area (Å²) in [6.07, 6.45) is 4.18. The molecule has 2 aromatic rings. The molecule has 0 aliphatic heterocycles. The van der Waals surface area contributed by atoms with Crippen LogP contribution in [0.25, 0.3) is 0 Å². The third-order valence-electron chi connectivity index (χ3n) is 2.91. The number of rotatable bonds is 5. The van der Waals surface area contributed by atoms with Gasteiger partial charge in [0.1, 0.15) is 16.8 Å². The highest BCUT2D eigenvalue weighted by molar-refractivity contribution is 6.32. The van der Waals surface area contributed by atoms with Gasteiger partial charge in [0.05, 0.1) is 5.56 Å². The molecular formula is C14H15ClN4O. The summed E-state index contributed by atoms with van der Waals surface area (Å²) in [6, 6.07) is 3.86. The lowest BCUT2D eigenvalue weighted by Gasteiger charge is -2.23. The molecule has 2 rings (SSSR count). The molecule has 0 N–H and O–H groups in total. The first-order valence-corrected chi connectivity index (χ1v) is 6.66. The zero-order valence-corrected chi connectivity index (χ0v) is 12.1. The number of carbonyl (C=O) groups excluding carboxylic acids is 1. The van der Waals surface area contributed by atoms with E-state index in [4.69, 9.17) is 11.6 Å². The van der Waals surface area contributed by atoms with Crippen molar-refractivity contribution in [2.75, 3.05) is 11.4 Å². The predicted molar refractivity (Wildman–Crippen MR) is 78.1 cm³/mol. The van der Waals surface area contributed by atoms with Crippen LogP contribution in [0.15, 0.2) is 24.5 Å². The van der Waals surface area contributed by atoms with E-state index in [1.807, 2.05) is 24.0 Å². The number of aromatic nitrogens is 3. The average molecular weight is 291 g/mol. The SMILES string of the molecule is CCN(Cc1ccncc1)c1nc(C)nc(Cl)c1C=O. The minimum Gasteiger partial charge on any atom is -0.352 e. The maximum absolute atomic E-state index is 11.2. The van der Waals surface area contributed by atoms with Gasteiger partial charge in [-0.2, -0.15) is 0 Å². The summed E-state index contributed by atoms with van der Waals surface area (Å²) in [6.45, 7) is 5.09. The molecule has 0 bridgehead atoms. The molecule has 2 heterocycles. The maximum Gasteiger partial charge on any atom is 0.156 e. The molecule has 0 aliphatic rings. The van der Waals surface area contributed by atoms with Gasteiger partial charge in [0.15, 0.2) is 6.29 Å². The van der Waals surface area contributed by atoms with Crippen molar-refractivity contribution in [2.45, 2.75) is 20.4 Å². The molecule has 0 atom stereocenters. The Bertz CT molecular complexity index is 604. The van der Waals surface area contributed by atoms with Crippen molar-refractivity contribution in [2.24, 2.45) is 0 Å². The summed E-state index contributed by atoms with van der Waals surface area (Å²) in [5, 5.41) is 0.190. The summed E-state index contributed by atoms with van der Waals surface area (Å²) >= 11 is 6.02. The van der Waals surface area contributed by atoms with E-state index in [0.29, 0.717) is 36.6 Å². The normalized spacial score (nSPS) is 10.3. The molecule has 20 heavy (non-hydrogen) atoms. The van der Waals surface area contributed by atoms with E-state index >= 15 is 0 Å². The second-order valence-corrected chi connectivity index (χ2v) is 4.64. The molecule has 0 aliphatic carbocycles. The Labute approximate surface area is 122 Å². The van der Waals surface area contributed by atoms with Crippen LogP contribution >= 0.6 is 11.6 Å². The Morgan fingerprint density at radius 3 is 2.60 bits per heavy atom. The van der Waals surface area contributed by atoms with Crippen molar-refractivity contribution in [3.63, 3.8) is 0 Å². The molecular weight excluding hydrogens is 276 g/mol. The van der Waals surface area contributed by atoms with Gasteiger partial charge < -0.3 is 4.90 Å². The molecule has 2 aromatic heterocycles. The van der Waals surface area contributed by atoms with Gasteiger partial charge in [-0.15, -0.1) is 0 Å². The van der Waals surface area contributed by atoms with Gasteiger partial charge in [-0.3, -0.25) is 9.78 Å².